The van der Waals surface area contributed by atoms with Crippen molar-refractivity contribution >= 4 is 28.9 Å². The summed E-state index contributed by atoms with van der Waals surface area (Å²) in [6.45, 7) is 0. The van der Waals surface area contributed by atoms with Crippen molar-refractivity contribution in [2.75, 3.05) is 12.4 Å². The van der Waals surface area contributed by atoms with Crippen LogP contribution in [0.25, 0.3) is 0 Å². The number of carbonyl (C=O) groups excluding carboxylic acids is 1. The minimum absolute atomic E-state index is 0.128. The number of rotatable bonds is 7. The Balaban J connectivity index is 1.87. The Morgan fingerprint density at radius 1 is 1.07 bits per heavy atom. The monoisotopic (exact) mass is 412 g/mol. The molecule has 0 radical (unpaired) electrons. The van der Waals surface area contributed by atoms with Gasteiger partial charge in [0.15, 0.2) is 0 Å². The molecule has 1 atom stereocenters. The van der Waals surface area contributed by atoms with Crippen LogP contribution < -0.4 is 14.8 Å². The van der Waals surface area contributed by atoms with Gasteiger partial charge >= 0.3 is 0 Å². The van der Waals surface area contributed by atoms with Crippen molar-refractivity contribution in [3.05, 3.63) is 93.5 Å². The molecular formula is C21H17ClN2O5. The van der Waals surface area contributed by atoms with E-state index in [0.717, 1.165) is 0 Å². The van der Waals surface area contributed by atoms with Crippen LogP contribution in [0.2, 0.25) is 5.02 Å². The van der Waals surface area contributed by atoms with Gasteiger partial charge in [-0.05, 0) is 24.3 Å². The predicted molar refractivity (Wildman–Crippen MR) is 110 cm³/mol. The Morgan fingerprint density at radius 3 is 2.48 bits per heavy atom. The zero-order chi connectivity index (χ0) is 20.8. The Hall–Kier alpha value is -3.58. The second kappa shape index (κ2) is 9.07. The van der Waals surface area contributed by atoms with E-state index in [1.54, 1.807) is 48.5 Å². The number of benzene rings is 3. The number of anilines is 1. The summed E-state index contributed by atoms with van der Waals surface area (Å²) in [5, 5.41) is 14.1. The van der Waals surface area contributed by atoms with Crippen molar-refractivity contribution in [1.82, 2.24) is 0 Å². The molecule has 0 aliphatic heterocycles. The van der Waals surface area contributed by atoms with E-state index in [4.69, 9.17) is 21.1 Å². The number of nitrogens with one attached hydrogen (secondary N) is 1. The minimum atomic E-state index is -1.03. The summed E-state index contributed by atoms with van der Waals surface area (Å²) in [5.74, 6) is 0.233. The molecule has 7 nitrogen and oxygen atoms in total. The SMILES string of the molecule is COc1ccc(NC(=O)C(Oc2cccc([N+](=O)[O-])c2)c2ccccc2)cc1Cl. The highest BCUT2D eigenvalue weighted by molar-refractivity contribution is 6.32. The summed E-state index contributed by atoms with van der Waals surface area (Å²) in [6.07, 6.45) is -1.03. The van der Waals surface area contributed by atoms with E-state index in [0.29, 0.717) is 22.0 Å². The molecule has 3 rings (SSSR count). The molecule has 1 unspecified atom stereocenters. The second-order valence-electron chi connectivity index (χ2n) is 6.00. The molecule has 0 heterocycles. The van der Waals surface area contributed by atoms with Crippen LogP contribution >= 0.6 is 11.6 Å². The minimum Gasteiger partial charge on any atom is -0.495 e. The molecule has 0 bridgehead atoms. The van der Waals surface area contributed by atoms with Gasteiger partial charge in [-0.2, -0.15) is 0 Å². The molecule has 0 aliphatic rings. The van der Waals surface area contributed by atoms with Crippen LogP contribution in [0.1, 0.15) is 11.7 Å². The van der Waals surface area contributed by atoms with Gasteiger partial charge in [-0.15, -0.1) is 0 Å². The van der Waals surface area contributed by atoms with E-state index >= 15 is 0 Å². The fraction of sp³-hybridized carbons (Fsp3) is 0.0952. The van der Waals surface area contributed by atoms with Crippen LogP contribution in [0.5, 0.6) is 11.5 Å². The van der Waals surface area contributed by atoms with Gasteiger partial charge < -0.3 is 14.8 Å². The van der Waals surface area contributed by atoms with E-state index in [-0.39, 0.29) is 11.4 Å². The Kier molecular flexibility index (Phi) is 6.31. The number of nitrogens with zero attached hydrogens (tertiary/aromatic N) is 1. The smallest absolute Gasteiger partial charge is 0.273 e. The average molecular weight is 413 g/mol. The molecule has 0 fully saturated rings. The Morgan fingerprint density at radius 2 is 1.83 bits per heavy atom. The Labute approximate surface area is 172 Å². The van der Waals surface area contributed by atoms with Gasteiger partial charge in [0, 0.05) is 17.3 Å². The van der Waals surface area contributed by atoms with Gasteiger partial charge in [-0.3, -0.25) is 14.9 Å². The molecule has 148 valence electrons. The molecule has 0 spiro atoms. The maximum atomic E-state index is 13.0. The Bertz CT molecular complexity index is 1030. The molecular weight excluding hydrogens is 396 g/mol. The number of nitro groups is 1. The molecule has 3 aromatic carbocycles. The number of non-ortho nitro benzene ring substituents is 1. The molecule has 29 heavy (non-hydrogen) atoms. The highest BCUT2D eigenvalue weighted by Crippen LogP contribution is 2.29. The molecule has 0 aromatic heterocycles. The van der Waals surface area contributed by atoms with Crippen molar-refractivity contribution in [3.63, 3.8) is 0 Å². The number of amides is 1. The lowest BCUT2D eigenvalue weighted by molar-refractivity contribution is -0.384. The largest absolute Gasteiger partial charge is 0.495 e. The normalized spacial score (nSPS) is 11.4. The van der Waals surface area contributed by atoms with Crippen LogP contribution in [0.3, 0.4) is 0 Å². The number of halogens is 1. The van der Waals surface area contributed by atoms with Gasteiger partial charge in [0.25, 0.3) is 11.6 Å². The summed E-state index contributed by atoms with van der Waals surface area (Å²) in [5.41, 5.74) is 0.928. The quantitative estimate of drug-likeness (QED) is 0.434. The highest BCUT2D eigenvalue weighted by atomic mass is 35.5. The summed E-state index contributed by atoms with van der Waals surface area (Å²) >= 11 is 6.12. The molecule has 3 aromatic rings. The second-order valence-corrected chi connectivity index (χ2v) is 6.41. The summed E-state index contributed by atoms with van der Waals surface area (Å²) in [6, 6.07) is 19.4. The van der Waals surface area contributed by atoms with Crippen LogP contribution in [-0.2, 0) is 4.79 Å². The summed E-state index contributed by atoms with van der Waals surface area (Å²) in [7, 11) is 1.50. The first-order valence-electron chi connectivity index (χ1n) is 8.58. The average Bonchev–Trinajstić information content (AvgIpc) is 2.73. The van der Waals surface area contributed by atoms with Crippen LogP contribution in [0.15, 0.2) is 72.8 Å². The zero-order valence-electron chi connectivity index (χ0n) is 15.4. The van der Waals surface area contributed by atoms with Crippen LogP contribution in [0, 0.1) is 10.1 Å². The molecule has 0 saturated carbocycles. The molecule has 0 aliphatic carbocycles. The number of carbonyl (C=O) groups is 1. The summed E-state index contributed by atoms with van der Waals surface area (Å²) in [4.78, 5) is 23.4. The van der Waals surface area contributed by atoms with Crippen molar-refractivity contribution < 1.29 is 19.2 Å². The summed E-state index contributed by atoms with van der Waals surface area (Å²) < 4.78 is 10.9. The molecule has 1 N–H and O–H groups in total. The lowest BCUT2D eigenvalue weighted by Gasteiger charge is -2.19. The van der Waals surface area contributed by atoms with Gasteiger partial charge in [0.2, 0.25) is 6.10 Å². The third-order valence-corrected chi connectivity index (χ3v) is 4.34. The fourth-order valence-electron chi connectivity index (χ4n) is 2.66. The highest BCUT2D eigenvalue weighted by Gasteiger charge is 2.24. The lowest BCUT2D eigenvalue weighted by atomic mass is 10.1. The van der Waals surface area contributed by atoms with Crippen LogP contribution in [-0.4, -0.2) is 17.9 Å². The van der Waals surface area contributed by atoms with Gasteiger partial charge in [-0.1, -0.05) is 48.0 Å². The number of methoxy groups -OCH3 is 1. The number of nitro benzene ring substituents is 1. The first kappa shape index (κ1) is 20.2. The number of hydrogen-bond donors (Lipinski definition) is 1. The zero-order valence-corrected chi connectivity index (χ0v) is 16.1. The van der Waals surface area contributed by atoms with Crippen molar-refractivity contribution in [3.8, 4) is 11.5 Å². The van der Waals surface area contributed by atoms with Gasteiger partial charge in [0.1, 0.15) is 11.5 Å². The maximum absolute atomic E-state index is 13.0. The van der Waals surface area contributed by atoms with E-state index < -0.39 is 16.9 Å². The first-order valence-corrected chi connectivity index (χ1v) is 8.96. The fourth-order valence-corrected chi connectivity index (χ4v) is 2.92. The van der Waals surface area contributed by atoms with Crippen molar-refractivity contribution in [2.24, 2.45) is 0 Å². The predicted octanol–water partition coefficient (Wildman–Crippen LogP) is 5.02. The van der Waals surface area contributed by atoms with E-state index in [9.17, 15) is 14.9 Å². The van der Waals surface area contributed by atoms with Crippen LogP contribution in [0.4, 0.5) is 11.4 Å². The van der Waals surface area contributed by atoms with Gasteiger partial charge in [0.05, 0.1) is 23.1 Å². The maximum Gasteiger partial charge on any atom is 0.273 e. The molecule has 0 saturated heterocycles. The number of ether oxygens (including phenoxy) is 2. The number of hydrogen-bond acceptors (Lipinski definition) is 5. The third kappa shape index (κ3) is 5.03. The molecule has 1 amide bonds. The van der Waals surface area contributed by atoms with E-state index in [2.05, 4.69) is 5.32 Å². The topological polar surface area (TPSA) is 90.7 Å². The lowest BCUT2D eigenvalue weighted by Crippen LogP contribution is -2.25. The third-order valence-electron chi connectivity index (χ3n) is 4.04. The van der Waals surface area contributed by atoms with Gasteiger partial charge in [-0.25, -0.2) is 0 Å². The first-order chi connectivity index (χ1) is 14.0. The van der Waals surface area contributed by atoms with Crippen molar-refractivity contribution in [1.29, 1.82) is 0 Å². The van der Waals surface area contributed by atoms with E-state index in [1.165, 1.54) is 25.3 Å². The van der Waals surface area contributed by atoms with Crippen molar-refractivity contribution in [2.45, 2.75) is 6.10 Å². The molecule has 8 heteroatoms. The van der Waals surface area contributed by atoms with E-state index in [1.807, 2.05) is 6.07 Å². The standard InChI is InChI=1S/C21H17ClN2O5/c1-28-19-11-10-15(12-18(19)22)23-21(25)20(14-6-3-2-4-7-14)29-17-9-5-8-16(13-17)24(26)27/h2-13,20H,1H3,(H,23,25).